The fraction of sp³-hybridized carbons (Fsp3) is 0.278. The van der Waals surface area contributed by atoms with E-state index < -0.39 is 0 Å². The number of nitrogens with one attached hydrogen (secondary N) is 1. The van der Waals surface area contributed by atoms with E-state index in [0.717, 1.165) is 17.1 Å². The largest absolute Gasteiger partial charge is 0.351 e. The maximum absolute atomic E-state index is 12.1. The molecule has 2 nitrogen and oxygen atoms in total. The third kappa shape index (κ3) is 4.79. The van der Waals surface area contributed by atoms with Gasteiger partial charge in [0.2, 0.25) is 0 Å². The monoisotopic (exact) mass is 333 g/mol. The molecule has 0 aromatic heterocycles. The van der Waals surface area contributed by atoms with E-state index in [1.807, 2.05) is 30.8 Å². The number of rotatable bonds is 6. The summed E-state index contributed by atoms with van der Waals surface area (Å²) in [6.45, 7) is 4.71. The van der Waals surface area contributed by atoms with Gasteiger partial charge in [-0.15, -0.1) is 0 Å². The number of amides is 1. The molecule has 0 unspecified atom stereocenters. The van der Waals surface area contributed by atoms with Crippen LogP contribution < -0.4 is 5.32 Å². The van der Waals surface area contributed by atoms with Crippen LogP contribution in [0.2, 0.25) is 5.02 Å². The van der Waals surface area contributed by atoms with Gasteiger partial charge in [0, 0.05) is 18.1 Å². The van der Waals surface area contributed by atoms with Crippen molar-refractivity contribution in [3.8, 4) is 0 Å². The first-order valence-corrected chi connectivity index (χ1v) is 8.78. The number of benzene rings is 2. The highest BCUT2D eigenvalue weighted by atomic mass is 35.5. The average Bonchev–Trinajstić information content (AvgIpc) is 2.48. The van der Waals surface area contributed by atoms with Crippen molar-refractivity contribution in [3.05, 3.63) is 69.7 Å². The van der Waals surface area contributed by atoms with Gasteiger partial charge in [0.1, 0.15) is 0 Å². The minimum atomic E-state index is -0.110. The molecule has 1 amide bonds. The Balaban J connectivity index is 1.75. The zero-order valence-electron chi connectivity index (χ0n) is 12.9. The average molecular weight is 334 g/mol. The van der Waals surface area contributed by atoms with Crippen molar-refractivity contribution in [1.82, 2.24) is 5.32 Å². The van der Waals surface area contributed by atoms with Crippen molar-refractivity contribution in [2.45, 2.75) is 19.6 Å². The van der Waals surface area contributed by atoms with E-state index in [2.05, 4.69) is 36.5 Å². The van der Waals surface area contributed by atoms with E-state index in [1.165, 1.54) is 11.1 Å². The van der Waals surface area contributed by atoms with E-state index in [4.69, 9.17) is 11.6 Å². The van der Waals surface area contributed by atoms with Crippen molar-refractivity contribution >= 4 is 29.3 Å². The van der Waals surface area contributed by atoms with E-state index in [0.29, 0.717) is 17.1 Å². The number of hydrogen-bond acceptors (Lipinski definition) is 2. The molecular weight excluding hydrogens is 314 g/mol. The number of hydrogen-bond donors (Lipinski definition) is 1. The lowest BCUT2D eigenvalue weighted by Gasteiger charge is -2.08. The molecule has 0 bridgehead atoms. The topological polar surface area (TPSA) is 29.1 Å². The summed E-state index contributed by atoms with van der Waals surface area (Å²) in [5, 5.41) is 3.42. The first-order chi connectivity index (χ1) is 10.6. The van der Waals surface area contributed by atoms with Crippen molar-refractivity contribution in [1.29, 1.82) is 0 Å². The van der Waals surface area contributed by atoms with Crippen LogP contribution in [-0.2, 0) is 5.75 Å². The predicted molar refractivity (Wildman–Crippen MR) is 95.9 cm³/mol. The molecule has 4 heteroatoms. The predicted octanol–water partition coefficient (Wildman–Crippen LogP) is 4.62. The molecule has 0 spiro atoms. The Labute approximate surface area is 141 Å². The third-order valence-electron chi connectivity index (χ3n) is 3.42. The van der Waals surface area contributed by atoms with Crippen molar-refractivity contribution in [2.75, 3.05) is 12.3 Å². The summed E-state index contributed by atoms with van der Waals surface area (Å²) in [7, 11) is 0. The van der Waals surface area contributed by atoms with Crippen LogP contribution in [0.15, 0.2) is 42.5 Å². The third-order valence-corrected chi connectivity index (χ3v) is 4.74. The zero-order valence-corrected chi connectivity index (χ0v) is 14.4. The fourth-order valence-corrected chi connectivity index (χ4v) is 3.35. The van der Waals surface area contributed by atoms with Gasteiger partial charge in [0.05, 0.1) is 10.6 Å². The normalized spacial score (nSPS) is 10.5. The summed E-state index contributed by atoms with van der Waals surface area (Å²) in [6, 6.07) is 13.9. The second-order valence-electron chi connectivity index (χ2n) is 5.22. The maximum Gasteiger partial charge on any atom is 0.252 e. The SMILES string of the molecule is Cc1ccc(C(=O)NCCSCc2ccccc2C)c(Cl)c1. The Hall–Kier alpha value is -1.45. The lowest BCUT2D eigenvalue weighted by Crippen LogP contribution is -2.26. The molecule has 1 N–H and O–H groups in total. The van der Waals surface area contributed by atoms with E-state index in [1.54, 1.807) is 6.07 Å². The van der Waals surface area contributed by atoms with Gasteiger partial charge < -0.3 is 5.32 Å². The summed E-state index contributed by atoms with van der Waals surface area (Å²) in [4.78, 5) is 12.1. The lowest BCUT2D eigenvalue weighted by atomic mass is 10.1. The highest BCUT2D eigenvalue weighted by molar-refractivity contribution is 7.98. The quantitative estimate of drug-likeness (QED) is 0.781. The van der Waals surface area contributed by atoms with Gasteiger partial charge in [-0.3, -0.25) is 4.79 Å². The number of halogens is 1. The van der Waals surface area contributed by atoms with Crippen molar-refractivity contribution < 1.29 is 4.79 Å². The first-order valence-electron chi connectivity index (χ1n) is 7.24. The van der Waals surface area contributed by atoms with Gasteiger partial charge in [0.15, 0.2) is 0 Å². The Morgan fingerprint density at radius 1 is 1.18 bits per heavy atom. The van der Waals surface area contributed by atoms with Crippen LogP contribution in [0.25, 0.3) is 0 Å². The molecule has 2 rings (SSSR count). The van der Waals surface area contributed by atoms with E-state index in [9.17, 15) is 4.79 Å². The van der Waals surface area contributed by atoms with Crippen molar-refractivity contribution in [2.24, 2.45) is 0 Å². The molecule has 0 heterocycles. The molecule has 2 aromatic carbocycles. The van der Waals surface area contributed by atoms with Crippen LogP contribution in [0.5, 0.6) is 0 Å². The molecule has 0 fully saturated rings. The van der Waals surface area contributed by atoms with Gasteiger partial charge in [-0.2, -0.15) is 11.8 Å². The minimum Gasteiger partial charge on any atom is -0.351 e. The van der Waals surface area contributed by atoms with Crippen LogP contribution in [0.4, 0.5) is 0 Å². The fourth-order valence-electron chi connectivity index (χ4n) is 2.09. The van der Waals surface area contributed by atoms with E-state index >= 15 is 0 Å². The Kier molecular flexibility index (Phi) is 6.34. The van der Waals surface area contributed by atoms with Crippen LogP contribution in [-0.4, -0.2) is 18.2 Å². The van der Waals surface area contributed by atoms with Crippen molar-refractivity contribution in [3.63, 3.8) is 0 Å². The summed E-state index contributed by atoms with van der Waals surface area (Å²) in [5.41, 5.74) is 4.25. The van der Waals surface area contributed by atoms with Crippen LogP contribution in [0, 0.1) is 13.8 Å². The van der Waals surface area contributed by atoms with E-state index in [-0.39, 0.29) is 5.91 Å². The molecule has 0 aliphatic carbocycles. The van der Waals surface area contributed by atoms with Crippen LogP contribution in [0.1, 0.15) is 27.0 Å². The van der Waals surface area contributed by atoms with Gasteiger partial charge in [-0.05, 0) is 42.7 Å². The number of thioether (sulfide) groups is 1. The standard InChI is InChI=1S/C18H20ClNOS/c1-13-7-8-16(17(19)11-13)18(21)20-9-10-22-12-15-6-4-3-5-14(15)2/h3-8,11H,9-10,12H2,1-2H3,(H,20,21). The highest BCUT2D eigenvalue weighted by Crippen LogP contribution is 2.18. The summed E-state index contributed by atoms with van der Waals surface area (Å²) < 4.78 is 0. The molecule has 0 aliphatic rings. The van der Waals surface area contributed by atoms with Gasteiger partial charge in [-0.25, -0.2) is 0 Å². The first kappa shape index (κ1) is 16.9. The molecule has 116 valence electrons. The smallest absolute Gasteiger partial charge is 0.252 e. The molecular formula is C18H20ClNOS. The van der Waals surface area contributed by atoms with Crippen LogP contribution >= 0.6 is 23.4 Å². The molecule has 0 saturated carbocycles. The summed E-state index contributed by atoms with van der Waals surface area (Å²) >= 11 is 7.91. The van der Waals surface area contributed by atoms with Gasteiger partial charge in [-0.1, -0.05) is 41.9 Å². The molecule has 0 atom stereocenters. The van der Waals surface area contributed by atoms with Gasteiger partial charge in [0.25, 0.3) is 5.91 Å². The van der Waals surface area contributed by atoms with Crippen LogP contribution in [0.3, 0.4) is 0 Å². The molecule has 2 aromatic rings. The summed E-state index contributed by atoms with van der Waals surface area (Å²) in [6.07, 6.45) is 0. The Morgan fingerprint density at radius 2 is 1.95 bits per heavy atom. The van der Waals surface area contributed by atoms with Gasteiger partial charge >= 0.3 is 0 Å². The number of aryl methyl sites for hydroxylation is 2. The number of carbonyl (C=O) groups is 1. The molecule has 0 saturated heterocycles. The molecule has 22 heavy (non-hydrogen) atoms. The second kappa shape index (κ2) is 8.25. The highest BCUT2D eigenvalue weighted by Gasteiger charge is 2.09. The number of carbonyl (C=O) groups excluding carboxylic acids is 1. The zero-order chi connectivity index (χ0) is 15.9. The minimum absolute atomic E-state index is 0.110. The summed E-state index contributed by atoms with van der Waals surface area (Å²) in [5.74, 6) is 1.73. The lowest BCUT2D eigenvalue weighted by molar-refractivity contribution is 0.0956. The second-order valence-corrected chi connectivity index (χ2v) is 6.73. The molecule has 0 aliphatic heterocycles. The molecule has 0 radical (unpaired) electrons. The maximum atomic E-state index is 12.1. The Morgan fingerprint density at radius 3 is 2.68 bits per heavy atom. The Bertz CT molecular complexity index is 657.